The summed E-state index contributed by atoms with van der Waals surface area (Å²) in [5.41, 5.74) is 16.2. The summed E-state index contributed by atoms with van der Waals surface area (Å²) >= 11 is 0. The molecule has 0 rings (SSSR count). The highest BCUT2D eigenvalue weighted by atomic mass is 16.2. The molecule has 0 aliphatic carbocycles. The second kappa shape index (κ2) is 14.6. The van der Waals surface area contributed by atoms with E-state index in [1.54, 1.807) is 0 Å². The number of aldehydes is 1. The third-order valence-corrected chi connectivity index (χ3v) is 4.72. The molecule has 0 spiro atoms. The Kier molecular flexibility index (Phi) is 13.0. The molecule has 0 aliphatic heterocycles. The van der Waals surface area contributed by atoms with E-state index in [4.69, 9.17) is 17.2 Å². The Bertz CT molecular complexity index is 798. The highest BCUT2D eigenvalue weighted by Crippen LogP contribution is 2.03. The minimum Gasteiger partial charge on any atom is -0.370 e. The fourth-order valence-electron chi connectivity index (χ4n) is 2.75. The fraction of sp³-hybridized carbons (Fsp3) is 0.650. The molecule has 0 bridgehead atoms. The number of carbonyl (C=O) groups is 6. The molecule has 14 heteroatoms. The van der Waals surface area contributed by atoms with Gasteiger partial charge in [-0.3, -0.25) is 33.9 Å². The number of guanidine groups is 1. The van der Waals surface area contributed by atoms with Crippen LogP contribution in [0.2, 0.25) is 0 Å². The largest absolute Gasteiger partial charge is 0.370 e. The lowest BCUT2D eigenvalue weighted by molar-refractivity contribution is -0.149. The van der Waals surface area contributed by atoms with Gasteiger partial charge in [0, 0.05) is 13.5 Å². The van der Waals surface area contributed by atoms with Crippen LogP contribution >= 0.6 is 0 Å². The fourth-order valence-corrected chi connectivity index (χ4v) is 2.75. The number of hydrogen-bond acceptors (Lipinski definition) is 8. The van der Waals surface area contributed by atoms with Crippen LogP contribution in [0.15, 0.2) is 4.99 Å². The molecule has 0 unspecified atom stereocenters. The van der Waals surface area contributed by atoms with Crippen LogP contribution in [-0.2, 0) is 28.8 Å². The van der Waals surface area contributed by atoms with E-state index in [1.165, 1.54) is 27.7 Å². The molecule has 192 valence electrons. The van der Waals surface area contributed by atoms with Gasteiger partial charge in [-0.15, -0.1) is 0 Å². The zero-order chi connectivity index (χ0) is 26.6. The van der Waals surface area contributed by atoms with E-state index in [1.807, 2.05) is 0 Å². The lowest BCUT2D eigenvalue weighted by Gasteiger charge is -2.27. The third kappa shape index (κ3) is 10.4. The second-order valence-corrected chi connectivity index (χ2v) is 7.85. The minimum absolute atomic E-state index is 0.0630. The van der Waals surface area contributed by atoms with Crippen molar-refractivity contribution in [3.05, 3.63) is 0 Å². The molecule has 34 heavy (non-hydrogen) atoms. The van der Waals surface area contributed by atoms with Crippen LogP contribution in [0.3, 0.4) is 0 Å². The first-order chi connectivity index (χ1) is 15.7. The Morgan fingerprint density at radius 3 is 1.79 bits per heavy atom. The molecule has 5 amide bonds. The SMILES string of the molecule is CC(=O)N(C(=O)[C@H](C)NC(=O)[C@H](C)NC(=O)[C@H](C)NC(=O)[C@H](N)CCCN=C(N)N)[C@@H](C)C=O. The van der Waals surface area contributed by atoms with Gasteiger partial charge in [0.05, 0.1) is 12.1 Å². The maximum Gasteiger partial charge on any atom is 0.252 e. The molecule has 0 aliphatic rings. The van der Waals surface area contributed by atoms with Gasteiger partial charge in [-0.25, -0.2) is 0 Å². The summed E-state index contributed by atoms with van der Waals surface area (Å²) in [6.07, 6.45) is 1.19. The smallest absolute Gasteiger partial charge is 0.252 e. The van der Waals surface area contributed by atoms with Crippen LogP contribution in [0, 0.1) is 0 Å². The number of aliphatic imine (C=N–C) groups is 1. The van der Waals surface area contributed by atoms with Gasteiger partial charge in [0.15, 0.2) is 5.96 Å². The van der Waals surface area contributed by atoms with E-state index in [2.05, 4.69) is 20.9 Å². The van der Waals surface area contributed by atoms with Gasteiger partial charge in [0.2, 0.25) is 23.6 Å². The van der Waals surface area contributed by atoms with Gasteiger partial charge in [-0.2, -0.15) is 0 Å². The summed E-state index contributed by atoms with van der Waals surface area (Å²) in [6.45, 7) is 6.95. The molecule has 0 aromatic heterocycles. The Hall–Kier alpha value is -3.55. The Balaban J connectivity index is 4.76. The van der Waals surface area contributed by atoms with Gasteiger partial charge in [-0.05, 0) is 40.5 Å². The molecule has 0 aromatic carbocycles. The van der Waals surface area contributed by atoms with Crippen molar-refractivity contribution in [3.8, 4) is 0 Å². The number of nitrogens with two attached hydrogens (primary N) is 3. The molecule has 9 N–H and O–H groups in total. The summed E-state index contributed by atoms with van der Waals surface area (Å²) in [7, 11) is 0. The van der Waals surface area contributed by atoms with Gasteiger partial charge < -0.3 is 37.9 Å². The minimum atomic E-state index is -1.13. The highest BCUT2D eigenvalue weighted by molar-refractivity contribution is 6.01. The number of rotatable bonds is 13. The summed E-state index contributed by atoms with van der Waals surface area (Å²) in [5, 5.41) is 7.26. The number of nitrogens with zero attached hydrogens (tertiary/aromatic N) is 2. The standard InChI is InChI=1S/C20H36N8O6/c1-10(9-29)28(14(5)30)19(34)13(4)27-17(32)11(2)25-16(31)12(3)26-18(33)15(21)7-6-8-24-20(22)23/h9-13,15H,6-8,21H2,1-5H3,(H,25,31)(H,26,33)(H,27,32)(H4,22,23,24)/t10-,11-,12-,13-,15+/m0/s1. The first-order valence-corrected chi connectivity index (χ1v) is 10.7. The normalized spacial score (nSPS) is 14.9. The van der Waals surface area contributed by atoms with Crippen molar-refractivity contribution in [2.45, 2.75) is 77.7 Å². The zero-order valence-corrected chi connectivity index (χ0v) is 20.2. The van der Waals surface area contributed by atoms with E-state index in [9.17, 15) is 28.8 Å². The van der Waals surface area contributed by atoms with E-state index in [0.29, 0.717) is 25.7 Å². The lowest BCUT2D eigenvalue weighted by atomic mass is 10.1. The summed E-state index contributed by atoms with van der Waals surface area (Å²) in [5.74, 6) is -3.39. The number of carbonyl (C=O) groups excluding carboxylic acids is 6. The molecule has 0 heterocycles. The Morgan fingerprint density at radius 1 is 0.882 bits per heavy atom. The summed E-state index contributed by atoms with van der Waals surface area (Å²) in [6, 6.07) is -5.07. The maximum absolute atomic E-state index is 12.5. The molecule has 0 radical (unpaired) electrons. The lowest BCUT2D eigenvalue weighted by Crippen LogP contribution is -2.57. The molecular formula is C20H36N8O6. The van der Waals surface area contributed by atoms with E-state index < -0.39 is 59.7 Å². The van der Waals surface area contributed by atoms with Gasteiger partial charge in [0.1, 0.15) is 24.4 Å². The van der Waals surface area contributed by atoms with Crippen molar-refractivity contribution < 1.29 is 28.8 Å². The van der Waals surface area contributed by atoms with Crippen molar-refractivity contribution in [2.24, 2.45) is 22.2 Å². The molecule has 0 aromatic rings. The molecular weight excluding hydrogens is 448 g/mol. The van der Waals surface area contributed by atoms with E-state index >= 15 is 0 Å². The van der Waals surface area contributed by atoms with Crippen molar-refractivity contribution in [1.29, 1.82) is 0 Å². The molecule has 0 fully saturated rings. The number of imide groups is 1. The van der Waals surface area contributed by atoms with Crippen LogP contribution in [0.5, 0.6) is 0 Å². The average molecular weight is 485 g/mol. The quantitative estimate of drug-likeness (QED) is 0.0669. The van der Waals surface area contributed by atoms with Gasteiger partial charge in [0.25, 0.3) is 5.91 Å². The first kappa shape index (κ1) is 30.4. The molecule has 14 nitrogen and oxygen atoms in total. The van der Waals surface area contributed by atoms with E-state index in [0.717, 1.165) is 11.8 Å². The highest BCUT2D eigenvalue weighted by Gasteiger charge is 2.30. The topological polar surface area (TPSA) is 232 Å². The summed E-state index contributed by atoms with van der Waals surface area (Å²) < 4.78 is 0. The molecule has 0 saturated heterocycles. The summed E-state index contributed by atoms with van der Waals surface area (Å²) in [4.78, 5) is 76.5. The average Bonchev–Trinajstić information content (AvgIpc) is 2.75. The first-order valence-electron chi connectivity index (χ1n) is 10.7. The molecule has 0 saturated carbocycles. The van der Waals surface area contributed by atoms with Crippen molar-refractivity contribution in [3.63, 3.8) is 0 Å². The van der Waals surface area contributed by atoms with Crippen LogP contribution in [0.25, 0.3) is 0 Å². The Morgan fingerprint density at radius 2 is 1.35 bits per heavy atom. The van der Waals surface area contributed by atoms with Gasteiger partial charge >= 0.3 is 0 Å². The van der Waals surface area contributed by atoms with Crippen molar-refractivity contribution >= 4 is 41.8 Å². The van der Waals surface area contributed by atoms with Gasteiger partial charge in [-0.1, -0.05) is 0 Å². The maximum atomic E-state index is 12.5. The van der Waals surface area contributed by atoms with Crippen molar-refractivity contribution in [1.82, 2.24) is 20.9 Å². The Labute approximate surface area is 198 Å². The van der Waals surface area contributed by atoms with Crippen LogP contribution < -0.4 is 33.2 Å². The second-order valence-electron chi connectivity index (χ2n) is 7.85. The third-order valence-electron chi connectivity index (χ3n) is 4.72. The van der Waals surface area contributed by atoms with Crippen LogP contribution in [-0.4, -0.2) is 83.4 Å². The zero-order valence-electron chi connectivity index (χ0n) is 20.2. The van der Waals surface area contributed by atoms with Crippen LogP contribution in [0.4, 0.5) is 0 Å². The monoisotopic (exact) mass is 484 g/mol. The number of nitrogens with one attached hydrogen (secondary N) is 3. The van der Waals surface area contributed by atoms with Crippen molar-refractivity contribution in [2.75, 3.05) is 6.54 Å². The predicted molar refractivity (Wildman–Crippen MR) is 124 cm³/mol. The molecule has 5 atom stereocenters. The van der Waals surface area contributed by atoms with E-state index in [-0.39, 0.29) is 5.96 Å². The number of hydrogen-bond donors (Lipinski definition) is 6. The van der Waals surface area contributed by atoms with Crippen LogP contribution in [0.1, 0.15) is 47.5 Å². The predicted octanol–water partition coefficient (Wildman–Crippen LogP) is -3.16. The number of amides is 5.